The van der Waals surface area contributed by atoms with Crippen LogP contribution in [0.25, 0.3) is 11.3 Å². The standard InChI is InChI=1S/C23H24N4O2/c1-29-19-9-7-17(8-10-19)15-26-13-11-23(16-26)12-14-27-21(28)20(24-25-22(23)27)18-5-3-2-4-6-18/h2-10H,11-16H2,1H3/t23-/m0/s1. The van der Waals surface area contributed by atoms with Crippen LogP contribution in [-0.4, -0.2) is 39.9 Å². The molecule has 0 amide bonds. The third-order valence-corrected chi connectivity index (χ3v) is 6.28. The monoisotopic (exact) mass is 388 g/mol. The summed E-state index contributed by atoms with van der Waals surface area (Å²) in [5.74, 6) is 1.74. The number of rotatable bonds is 4. The van der Waals surface area contributed by atoms with Crippen LogP contribution >= 0.6 is 0 Å². The van der Waals surface area contributed by atoms with E-state index in [-0.39, 0.29) is 11.0 Å². The Labute approximate surface area is 169 Å². The molecule has 0 bridgehead atoms. The van der Waals surface area contributed by atoms with E-state index in [1.54, 1.807) is 7.11 Å². The van der Waals surface area contributed by atoms with Crippen LogP contribution in [0.3, 0.4) is 0 Å². The molecule has 3 heterocycles. The first kappa shape index (κ1) is 18.1. The van der Waals surface area contributed by atoms with Crippen LogP contribution in [0.15, 0.2) is 59.4 Å². The van der Waals surface area contributed by atoms with Crippen LogP contribution in [0.4, 0.5) is 0 Å². The van der Waals surface area contributed by atoms with E-state index in [0.717, 1.165) is 56.2 Å². The highest BCUT2D eigenvalue weighted by atomic mass is 16.5. The fourth-order valence-electron chi connectivity index (χ4n) is 4.70. The van der Waals surface area contributed by atoms with Crippen molar-refractivity contribution in [2.75, 3.05) is 20.2 Å². The molecule has 2 aromatic carbocycles. The minimum Gasteiger partial charge on any atom is -0.497 e. The molecular weight excluding hydrogens is 364 g/mol. The molecule has 3 aromatic rings. The number of fused-ring (bicyclic) bond motifs is 2. The molecule has 1 spiro atoms. The van der Waals surface area contributed by atoms with Gasteiger partial charge in [-0.15, -0.1) is 10.2 Å². The van der Waals surface area contributed by atoms with Crippen LogP contribution in [0, 0.1) is 0 Å². The Hall–Kier alpha value is -2.99. The predicted octanol–water partition coefficient (Wildman–Crippen LogP) is 2.86. The molecule has 6 nitrogen and oxygen atoms in total. The summed E-state index contributed by atoms with van der Waals surface area (Å²) in [6, 6.07) is 17.8. The van der Waals surface area contributed by atoms with Gasteiger partial charge in [0.1, 0.15) is 11.6 Å². The average molecular weight is 388 g/mol. The highest BCUT2D eigenvalue weighted by molar-refractivity contribution is 5.57. The molecule has 5 rings (SSSR count). The first-order valence-corrected chi connectivity index (χ1v) is 10.1. The van der Waals surface area contributed by atoms with Gasteiger partial charge >= 0.3 is 0 Å². The third-order valence-electron chi connectivity index (χ3n) is 6.28. The van der Waals surface area contributed by atoms with Crippen molar-refractivity contribution in [3.05, 3.63) is 76.3 Å². The number of ether oxygens (including phenoxy) is 1. The lowest BCUT2D eigenvalue weighted by Crippen LogP contribution is -2.33. The van der Waals surface area contributed by atoms with Crippen molar-refractivity contribution in [2.24, 2.45) is 0 Å². The van der Waals surface area contributed by atoms with Gasteiger partial charge in [0.2, 0.25) is 0 Å². The normalized spacial score (nSPS) is 20.9. The maximum Gasteiger partial charge on any atom is 0.280 e. The largest absolute Gasteiger partial charge is 0.497 e. The molecule has 6 heteroatoms. The first-order chi connectivity index (χ1) is 14.2. The van der Waals surface area contributed by atoms with Crippen molar-refractivity contribution in [2.45, 2.75) is 31.3 Å². The van der Waals surface area contributed by atoms with Crippen LogP contribution in [0.1, 0.15) is 24.2 Å². The van der Waals surface area contributed by atoms with Gasteiger partial charge in [-0.25, -0.2) is 0 Å². The second-order valence-electron chi connectivity index (χ2n) is 8.03. The predicted molar refractivity (Wildman–Crippen MR) is 111 cm³/mol. The Kier molecular flexibility index (Phi) is 4.43. The van der Waals surface area contributed by atoms with E-state index < -0.39 is 0 Å². The van der Waals surface area contributed by atoms with Crippen molar-refractivity contribution >= 4 is 0 Å². The van der Waals surface area contributed by atoms with E-state index in [9.17, 15) is 4.79 Å². The number of aromatic nitrogens is 3. The maximum atomic E-state index is 13.1. The Morgan fingerprint density at radius 3 is 2.52 bits per heavy atom. The van der Waals surface area contributed by atoms with Crippen LogP contribution in [0.5, 0.6) is 5.75 Å². The molecule has 1 saturated heterocycles. The molecule has 148 valence electrons. The van der Waals surface area contributed by atoms with E-state index >= 15 is 0 Å². The van der Waals surface area contributed by atoms with Crippen LogP contribution in [-0.2, 0) is 18.5 Å². The van der Waals surface area contributed by atoms with Crippen molar-refractivity contribution in [1.29, 1.82) is 0 Å². The summed E-state index contributed by atoms with van der Waals surface area (Å²) in [4.78, 5) is 15.5. The van der Waals surface area contributed by atoms with E-state index in [1.165, 1.54) is 5.56 Å². The first-order valence-electron chi connectivity index (χ1n) is 10.1. The third kappa shape index (κ3) is 3.13. The van der Waals surface area contributed by atoms with E-state index in [4.69, 9.17) is 4.74 Å². The van der Waals surface area contributed by atoms with Gasteiger partial charge in [-0.2, -0.15) is 0 Å². The fourth-order valence-corrected chi connectivity index (χ4v) is 4.70. The lowest BCUT2D eigenvalue weighted by molar-refractivity contribution is 0.299. The summed E-state index contributed by atoms with van der Waals surface area (Å²) < 4.78 is 7.10. The molecule has 1 aromatic heterocycles. The van der Waals surface area contributed by atoms with Gasteiger partial charge in [-0.1, -0.05) is 42.5 Å². The molecule has 0 unspecified atom stereocenters. The molecule has 0 radical (unpaired) electrons. The zero-order valence-electron chi connectivity index (χ0n) is 16.5. The van der Waals surface area contributed by atoms with Gasteiger partial charge in [-0.05, 0) is 37.1 Å². The molecule has 2 aliphatic rings. The summed E-state index contributed by atoms with van der Waals surface area (Å²) in [5, 5.41) is 8.92. The number of hydrogen-bond donors (Lipinski definition) is 0. The zero-order chi connectivity index (χ0) is 19.8. The van der Waals surface area contributed by atoms with Crippen LogP contribution in [0.2, 0.25) is 0 Å². The lowest BCUT2D eigenvalue weighted by Gasteiger charge is -2.23. The number of benzene rings is 2. The van der Waals surface area contributed by atoms with Gasteiger partial charge < -0.3 is 4.74 Å². The van der Waals surface area contributed by atoms with Crippen molar-refractivity contribution in [3.63, 3.8) is 0 Å². The summed E-state index contributed by atoms with van der Waals surface area (Å²) in [6.45, 7) is 3.53. The summed E-state index contributed by atoms with van der Waals surface area (Å²) in [5.41, 5.74) is 2.46. The minimum absolute atomic E-state index is 0.0216. The molecule has 0 aliphatic carbocycles. The molecule has 0 saturated carbocycles. The second-order valence-corrected chi connectivity index (χ2v) is 8.03. The SMILES string of the molecule is COc1ccc(CN2CC[C@]3(CCn4c3nnc(-c3ccccc3)c4=O)C2)cc1. The van der Waals surface area contributed by atoms with E-state index in [1.807, 2.05) is 47.0 Å². The smallest absolute Gasteiger partial charge is 0.280 e. The lowest BCUT2D eigenvalue weighted by atomic mass is 9.85. The Morgan fingerprint density at radius 1 is 1.00 bits per heavy atom. The highest BCUT2D eigenvalue weighted by Gasteiger charge is 2.46. The summed E-state index contributed by atoms with van der Waals surface area (Å²) >= 11 is 0. The van der Waals surface area contributed by atoms with Crippen molar-refractivity contribution < 1.29 is 4.74 Å². The quantitative estimate of drug-likeness (QED) is 0.688. The second kappa shape index (κ2) is 7.12. The Bertz CT molecular complexity index is 1080. The summed E-state index contributed by atoms with van der Waals surface area (Å²) in [7, 11) is 1.68. The number of methoxy groups -OCH3 is 1. The Morgan fingerprint density at radius 2 is 1.76 bits per heavy atom. The van der Waals surface area contributed by atoms with Gasteiger partial charge in [0, 0.05) is 30.6 Å². The van der Waals surface area contributed by atoms with E-state index in [2.05, 4.69) is 27.2 Å². The number of hydrogen-bond acceptors (Lipinski definition) is 5. The molecule has 1 fully saturated rings. The topological polar surface area (TPSA) is 60.2 Å². The molecule has 2 aliphatic heterocycles. The minimum atomic E-state index is -0.0617. The summed E-state index contributed by atoms with van der Waals surface area (Å²) in [6.07, 6.45) is 1.97. The Balaban J connectivity index is 1.39. The average Bonchev–Trinajstić information content (AvgIpc) is 3.34. The molecule has 0 N–H and O–H groups in total. The van der Waals surface area contributed by atoms with Crippen molar-refractivity contribution in [1.82, 2.24) is 19.7 Å². The molecule has 29 heavy (non-hydrogen) atoms. The number of nitrogens with zero attached hydrogens (tertiary/aromatic N) is 4. The van der Waals surface area contributed by atoms with Gasteiger partial charge in [-0.3, -0.25) is 14.3 Å². The fraction of sp³-hybridized carbons (Fsp3) is 0.348. The van der Waals surface area contributed by atoms with Gasteiger partial charge in [0.15, 0.2) is 5.69 Å². The zero-order valence-corrected chi connectivity index (χ0v) is 16.5. The maximum absolute atomic E-state index is 13.1. The highest BCUT2D eigenvalue weighted by Crippen LogP contribution is 2.41. The van der Waals surface area contributed by atoms with Gasteiger partial charge in [0.05, 0.1) is 7.11 Å². The van der Waals surface area contributed by atoms with Crippen molar-refractivity contribution in [3.8, 4) is 17.0 Å². The number of likely N-dealkylation sites (tertiary alicyclic amines) is 1. The van der Waals surface area contributed by atoms with Gasteiger partial charge in [0.25, 0.3) is 5.56 Å². The van der Waals surface area contributed by atoms with Crippen LogP contribution < -0.4 is 10.3 Å². The van der Waals surface area contributed by atoms with E-state index in [0.29, 0.717) is 5.69 Å². The molecule has 1 atom stereocenters. The molecular formula is C23H24N4O2.